The van der Waals surface area contributed by atoms with E-state index in [1.54, 1.807) is 6.07 Å². The minimum Gasteiger partial charge on any atom is -0.478 e. The molecule has 0 aliphatic heterocycles. The molecule has 1 atom stereocenters. The molecule has 0 aromatic heterocycles. The highest BCUT2D eigenvalue weighted by atomic mass is 19.1. The van der Waals surface area contributed by atoms with Gasteiger partial charge in [0.25, 0.3) is 0 Å². The van der Waals surface area contributed by atoms with Crippen molar-refractivity contribution < 1.29 is 14.3 Å². The van der Waals surface area contributed by atoms with Crippen LogP contribution in [0.3, 0.4) is 0 Å². The smallest absolute Gasteiger partial charge is 0.336 e. The van der Waals surface area contributed by atoms with Crippen molar-refractivity contribution in [2.45, 2.75) is 52.6 Å². The van der Waals surface area contributed by atoms with Gasteiger partial charge in [0.1, 0.15) is 5.82 Å². The van der Waals surface area contributed by atoms with Gasteiger partial charge in [-0.3, -0.25) is 4.90 Å². The fourth-order valence-corrected chi connectivity index (χ4v) is 2.18. The van der Waals surface area contributed by atoms with E-state index < -0.39 is 11.8 Å². The van der Waals surface area contributed by atoms with Crippen molar-refractivity contribution in [2.75, 3.05) is 6.54 Å². The number of carbonyl (C=O) groups is 1. The lowest BCUT2D eigenvalue weighted by Gasteiger charge is -2.29. The number of benzene rings is 1. The SMILES string of the molecule is CCCCN(Cc1ccc(F)cc1C(=O)O)C(C)CC. The molecule has 1 aromatic rings. The average Bonchev–Trinajstić information content (AvgIpc) is 2.43. The number of aromatic carboxylic acids is 1. The van der Waals surface area contributed by atoms with E-state index in [1.807, 2.05) is 0 Å². The standard InChI is InChI=1S/C16H24FNO2/c1-4-6-9-18(12(3)5-2)11-13-7-8-14(17)10-15(13)16(19)20/h7-8,10,12H,4-6,9,11H2,1-3H3,(H,19,20). The third-order valence-corrected chi connectivity index (χ3v) is 3.69. The second-order valence-corrected chi connectivity index (χ2v) is 5.19. The minimum absolute atomic E-state index is 0.0646. The number of carboxylic acids is 1. The van der Waals surface area contributed by atoms with Gasteiger partial charge in [-0.15, -0.1) is 0 Å². The summed E-state index contributed by atoms with van der Waals surface area (Å²) in [7, 11) is 0. The molecule has 3 nitrogen and oxygen atoms in total. The molecule has 0 saturated carbocycles. The van der Waals surface area contributed by atoms with Gasteiger partial charge in [-0.1, -0.05) is 26.3 Å². The molecule has 112 valence electrons. The fourth-order valence-electron chi connectivity index (χ4n) is 2.18. The maximum absolute atomic E-state index is 13.2. The summed E-state index contributed by atoms with van der Waals surface area (Å²) in [6.07, 6.45) is 3.18. The third-order valence-electron chi connectivity index (χ3n) is 3.69. The van der Waals surface area contributed by atoms with Gasteiger partial charge in [-0.25, -0.2) is 9.18 Å². The minimum atomic E-state index is -1.07. The Morgan fingerprint density at radius 2 is 2.10 bits per heavy atom. The molecule has 1 unspecified atom stereocenters. The molecular formula is C16H24FNO2. The molecule has 0 bridgehead atoms. The van der Waals surface area contributed by atoms with Crippen molar-refractivity contribution in [3.8, 4) is 0 Å². The summed E-state index contributed by atoms with van der Waals surface area (Å²) < 4.78 is 13.2. The summed E-state index contributed by atoms with van der Waals surface area (Å²) in [5.74, 6) is -1.58. The predicted octanol–water partition coefficient (Wildman–Crippen LogP) is 3.92. The third kappa shape index (κ3) is 4.60. The summed E-state index contributed by atoms with van der Waals surface area (Å²) in [5.41, 5.74) is 0.741. The van der Waals surface area contributed by atoms with E-state index in [2.05, 4.69) is 25.7 Å². The quantitative estimate of drug-likeness (QED) is 0.785. The van der Waals surface area contributed by atoms with Crippen molar-refractivity contribution in [2.24, 2.45) is 0 Å². The van der Waals surface area contributed by atoms with Gasteiger partial charge in [-0.2, -0.15) is 0 Å². The second kappa shape index (κ2) is 8.00. The summed E-state index contributed by atoms with van der Waals surface area (Å²) in [6, 6.07) is 4.40. The van der Waals surface area contributed by atoms with Crippen LogP contribution in [0.5, 0.6) is 0 Å². The van der Waals surface area contributed by atoms with Crippen LogP contribution in [0.1, 0.15) is 56.0 Å². The first-order valence-electron chi connectivity index (χ1n) is 7.25. The van der Waals surface area contributed by atoms with Gasteiger partial charge in [0.2, 0.25) is 0 Å². The Labute approximate surface area is 120 Å². The summed E-state index contributed by atoms with van der Waals surface area (Å²) in [5, 5.41) is 9.19. The Morgan fingerprint density at radius 3 is 2.65 bits per heavy atom. The first-order chi connectivity index (χ1) is 9.49. The number of halogens is 1. The average molecular weight is 281 g/mol. The first-order valence-corrected chi connectivity index (χ1v) is 7.25. The van der Waals surface area contributed by atoms with E-state index in [0.717, 1.165) is 31.9 Å². The molecule has 0 spiro atoms. The molecule has 0 aliphatic carbocycles. The Kier molecular flexibility index (Phi) is 6.65. The topological polar surface area (TPSA) is 40.5 Å². The molecule has 4 heteroatoms. The second-order valence-electron chi connectivity index (χ2n) is 5.19. The summed E-state index contributed by atoms with van der Waals surface area (Å²) >= 11 is 0. The molecule has 0 heterocycles. The summed E-state index contributed by atoms with van der Waals surface area (Å²) in [4.78, 5) is 13.5. The Balaban J connectivity index is 2.95. The number of carboxylic acid groups (broad SMARTS) is 1. The number of hydrogen-bond acceptors (Lipinski definition) is 2. The molecule has 0 fully saturated rings. The Hall–Kier alpha value is -1.42. The molecule has 20 heavy (non-hydrogen) atoms. The highest BCUT2D eigenvalue weighted by molar-refractivity contribution is 5.89. The highest BCUT2D eigenvalue weighted by Crippen LogP contribution is 2.17. The van der Waals surface area contributed by atoms with E-state index in [0.29, 0.717) is 18.2 Å². The fraction of sp³-hybridized carbons (Fsp3) is 0.562. The monoisotopic (exact) mass is 281 g/mol. The van der Waals surface area contributed by atoms with Gasteiger partial charge in [0.15, 0.2) is 0 Å². The van der Waals surface area contributed by atoms with Crippen LogP contribution in [0, 0.1) is 5.82 Å². The molecular weight excluding hydrogens is 257 g/mol. The van der Waals surface area contributed by atoms with Crippen LogP contribution in [0.15, 0.2) is 18.2 Å². The van der Waals surface area contributed by atoms with Crippen LogP contribution < -0.4 is 0 Å². The van der Waals surface area contributed by atoms with E-state index in [-0.39, 0.29) is 5.56 Å². The van der Waals surface area contributed by atoms with Crippen LogP contribution in [0.4, 0.5) is 4.39 Å². The number of rotatable bonds is 8. The lowest BCUT2D eigenvalue weighted by atomic mass is 10.1. The van der Waals surface area contributed by atoms with Crippen molar-refractivity contribution in [1.82, 2.24) is 4.90 Å². The van der Waals surface area contributed by atoms with Crippen molar-refractivity contribution in [3.63, 3.8) is 0 Å². The highest BCUT2D eigenvalue weighted by Gasteiger charge is 2.17. The van der Waals surface area contributed by atoms with Crippen LogP contribution in [0.2, 0.25) is 0 Å². The van der Waals surface area contributed by atoms with E-state index in [1.165, 1.54) is 6.07 Å². The molecule has 1 N–H and O–H groups in total. The van der Waals surface area contributed by atoms with Gasteiger partial charge in [0, 0.05) is 12.6 Å². The zero-order chi connectivity index (χ0) is 15.1. The Bertz CT molecular complexity index is 448. The maximum Gasteiger partial charge on any atom is 0.336 e. The van der Waals surface area contributed by atoms with Crippen molar-refractivity contribution >= 4 is 5.97 Å². The zero-order valence-corrected chi connectivity index (χ0v) is 12.5. The molecule has 0 amide bonds. The van der Waals surface area contributed by atoms with Crippen molar-refractivity contribution in [3.05, 3.63) is 35.1 Å². The van der Waals surface area contributed by atoms with Crippen LogP contribution in [-0.4, -0.2) is 28.6 Å². The van der Waals surface area contributed by atoms with E-state index >= 15 is 0 Å². The van der Waals surface area contributed by atoms with E-state index in [9.17, 15) is 14.3 Å². The molecule has 1 rings (SSSR count). The summed E-state index contributed by atoms with van der Waals surface area (Å²) in [6.45, 7) is 7.88. The molecule has 0 saturated heterocycles. The number of nitrogens with zero attached hydrogens (tertiary/aromatic N) is 1. The maximum atomic E-state index is 13.2. The van der Waals surface area contributed by atoms with Crippen LogP contribution in [0.25, 0.3) is 0 Å². The largest absolute Gasteiger partial charge is 0.478 e. The van der Waals surface area contributed by atoms with E-state index in [4.69, 9.17) is 0 Å². The number of unbranched alkanes of at least 4 members (excludes halogenated alkanes) is 1. The lowest BCUT2D eigenvalue weighted by molar-refractivity contribution is 0.0693. The molecule has 0 aliphatic rings. The molecule has 0 radical (unpaired) electrons. The van der Waals surface area contributed by atoms with Gasteiger partial charge < -0.3 is 5.11 Å². The normalized spacial score (nSPS) is 12.7. The molecule has 1 aromatic carbocycles. The van der Waals surface area contributed by atoms with Gasteiger partial charge >= 0.3 is 5.97 Å². The van der Waals surface area contributed by atoms with Crippen LogP contribution in [-0.2, 0) is 6.54 Å². The first kappa shape index (κ1) is 16.6. The predicted molar refractivity (Wildman–Crippen MR) is 78.4 cm³/mol. The number of hydrogen-bond donors (Lipinski definition) is 1. The Morgan fingerprint density at radius 1 is 1.40 bits per heavy atom. The van der Waals surface area contributed by atoms with Gasteiger partial charge in [0.05, 0.1) is 5.56 Å². The lowest BCUT2D eigenvalue weighted by Crippen LogP contribution is -2.33. The zero-order valence-electron chi connectivity index (χ0n) is 12.5. The van der Waals surface area contributed by atoms with Crippen LogP contribution >= 0.6 is 0 Å². The van der Waals surface area contributed by atoms with Gasteiger partial charge in [-0.05, 0) is 44.0 Å². The van der Waals surface area contributed by atoms with Crippen molar-refractivity contribution in [1.29, 1.82) is 0 Å².